The Hall–Kier alpha value is -3.15. The molecule has 0 radical (unpaired) electrons. The first-order chi connectivity index (χ1) is 12.6. The molecule has 0 unspecified atom stereocenters. The lowest BCUT2D eigenvalue weighted by Crippen LogP contribution is -2.22. The SMILES string of the molecule is C=CCOc1ccc(C(=O)NCc2cc(OC)cc(OC)c2)cc1OC. The smallest absolute Gasteiger partial charge is 0.251 e. The standard InChI is InChI=1S/C20H23NO5/c1-5-8-26-18-7-6-15(11-19(18)25-4)20(22)21-13-14-9-16(23-2)12-17(10-14)24-3/h5-7,9-12H,1,8,13H2,2-4H3,(H,21,22). The van der Waals surface area contributed by atoms with E-state index in [1.807, 2.05) is 12.1 Å². The van der Waals surface area contributed by atoms with Gasteiger partial charge in [-0.2, -0.15) is 0 Å². The minimum absolute atomic E-state index is 0.222. The summed E-state index contributed by atoms with van der Waals surface area (Å²) in [7, 11) is 4.69. The molecule has 1 amide bonds. The van der Waals surface area contributed by atoms with Crippen LogP contribution in [0.5, 0.6) is 23.0 Å². The zero-order valence-electron chi connectivity index (χ0n) is 15.2. The Morgan fingerprint density at radius 1 is 1.00 bits per heavy atom. The van der Waals surface area contributed by atoms with Crippen LogP contribution < -0.4 is 24.3 Å². The zero-order valence-corrected chi connectivity index (χ0v) is 15.2. The normalized spacial score (nSPS) is 9.96. The zero-order chi connectivity index (χ0) is 18.9. The van der Waals surface area contributed by atoms with Crippen molar-refractivity contribution in [3.8, 4) is 23.0 Å². The topological polar surface area (TPSA) is 66.0 Å². The summed E-state index contributed by atoms with van der Waals surface area (Å²) in [5.41, 5.74) is 1.34. The fourth-order valence-electron chi connectivity index (χ4n) is 2.33. The molecule has 0 aliphatic heterocycles. The molecule has 0 fully saturated rings. The largest absolute Gasteiger partial charge is 0.497 e. The van der Waals surface area contributed by atoms with Crippen molar-refractivity contribution in [2.75, 3.05) is 27.9 Å². The maximum absolute atomic E-state index is 12.4. The van der Waals surface area contributed by atoms with Crippen molar-refractivity contribution in [3.05, 3.63) is 60.2 Å². The van der Waals surface area contributed by atoms with E-state index in [1.165, 1.54) is 7.11 Å². The first-order valence-electron chi connectivity index (χ1n) is 8.03. The van der Waals surface area contributed by atoms with Crippen LogP contribution in [0.3, 0.4) is 0 Å². The predicted molar refractivity (Wildman–Crippen MR) is 99.4 cm³/mol. The van der Waals surface area contributed by atoms with Crippen molar-refractivity contribution in [3.63, 3.8) is 0 Å². The van der Waals surface area contributed by atoms with Gasteiger partial charge in [-0.05, 0) is 35.9 Å². The number of benzene rings is 2. The Morgan fingerprint density at radius 2 is 1.69 bits per heavy atom. The van der Waals surface area contributed by atoms with Gasteiger partial charge in [-0.3, -0.25) is 4.79 Å². The molecule has 1 N–H and O–H groups in total. The van der Waals surface area contributed by atoms with Crippen LogP contribution >= 0.6 is 0 Å². The van der Waals surface area contributed by atoms with E-state index in [1.54, 1.807) is 44.6 Å². The van der Waals surface area contributed by atoms with Gasteiger partial charge in [0.1, 0.15) is 18.1 Å². The molecule has 26 heavy (non-hydrogen) atoms. The van der Waals surface area contributed by atoms with Crippen LogP contribution in [0, 0.1) is 0 Å². The number of ether oxygens (including phenoxy) is 4. The summed E-state index contributed by atoms with van der Waals surface area (Å²) in [6, 6.07) is 10.5. The quantitative estimate of drug-likeness (QED) is 0.698. The van der Waals surface area contributed by atoms with E-state index in [0.717, 1.165) is 5.56 Å². The van der Waals surface area contributed by atoms with Gasteiger partial charge in [-0.25, -0.2) is 0 Å². The highest BCUT2D eigenvalue weighted by atomic mass is 16.5. The van der Waals surface area contributed by atoms with E-state index in [2.05, 4.69) is 11.9 Å². The van der Waals surface area contributed by atoms with E-state index in [9.17, 15) is 4.79 Å². The average molecular weight is 357 g/mol. The second-order valence-electron chi connectivity index (χ2n) is 5.37. The molecule has 6 heteroatoms. The Kier molecular flexibility index (Phi) is 6.91. The highest BCUT2D eigenvalue weighted by Crippen LogP contribution is 2.28. The van der Waals surface area contributed by atoms with Crippen LogP contribution in [-0.4, -0.2) is 33.8 Å². The lowest BCUT2D eigenvalue weighted by molar-refractivity contribution is 0.0950. The van der Waals surface area contributed by atoms with Gasteiger partial charge in [0.05, 0.1) is 21.3 Å². The molecule has 0 atom stereocenters. The van der Waals surface area contributed by atoms with Crippen molar-refractivity contribution in [1.29, 1.82) is 0 Å². The minimum Gasteiger partial charge on any atom is -0.497 e. The molecule has 2 aromatic carbocycles. The van der Waals surface area contributed by atoms with E-state index in [0.29, 0.717) is 41.7 Å². The third kappa shape index (κ3) is 4.92. The molecule has 0 heterocycles. The molecule has 0 aliphatic carbocycles. The molecule has 6 nitrogen and oxygen atoms in total. The second kappa shape index (κ2) is 9.36. The Morgan fingerprint density at radius 3 is 2.27 bits per heavy atom. The molecular formula is C20H23NO5. The van der Waals surface area contributed by atoms with Gasteiger partial charge in [0, 0.05) is 18.2 Å². The number of methoxy groups -OCH3 is 3. The van der Waals surface area contributed by atoms with E-state index < -0.39 is 0 Å². The molecular weight excluding hydrogens is 334 g/mol. The lowest BCUT2D eigenvalue weighted by Gasteiger charge is -2.12. The summed E-state index contributed by atoms with van der Waals surface area (Å²) < 4.78 is 21.2. The number of hydrogen-bond acceptors (Lipinski definition) is 5. The third-order valence-corrected chi connectivity index (χ3v) is 3.65. The Bertz CT molecular complexity index is 751. The first kappa shape index (κ1) is 19.2. The average Bonchev–Trinajstić information content (AvgIpc) is 2.69. The Balaban J connectivity index is 2.09. The molecule has 0 bridgehead atoms. The number of carbonyl (C=O) groups is 1. The number of rotatable bonds is 9. The number of amides is 1. The summed E-state index contributed by atoms with van der Waals surface area (Å²) in [4.78, 5) is 12.4. The molecule has 0 saturated heterocycles. The van der Waals surface area contributed by atoms with Crippen molar-refractivity contribution in [1.82, 2.24) is 5.32 Å². The van der Waals surface area contributed by atoms with Crippen molar-refractivity contribution >= 4 is 5.91 Å². The van der Waals surface area contributed by atoms with Gasteiger partial charge in [-0.15, -0.1) is 0 Å². The van der Waals surface area contributed by atoms with E-state index in [4.69, 9.17) is 18.9 Å². The number of nitrogens with one attached hydrogen (secondary N) is 1. The predicted octanol–water partition coefficient (Wildman–Crippen LogP) is 3.21. The highest BCUT2D eigenvalue weighted by Gasteiger charge is 2.11. The van der Waals surface area contributed by atoms with Gasteiger partial charge in [0.15, 0.2) is 11.5 Å². The molecule has 0 aromatic heterocycles. The lowest BCUT2D eigenvalue weighted by atomic mass is 10.1. The van der Waals surface area contributed by atoms with Crippen LogP contribution in [-0.2, 0) is 6.54 Å². The highest BCUT2D eigenvalue weighted by molar-refractivity contribution is 5.94. The van der Waals surface area contributed by atoms with Crippen LogP contribution in [0.2, 0.25) is 0 Å². The van der Waals surface area contributed by atoms with Gasteiger partial charge in [0.25, 0.3) is 5.91 Å². The minimum atomic E-state index is -0.222. The van der Waals surface area contributed by atoms with Crippen LogP contribution in [0.15, 0.2) is 49.1 Å². The fraction of sp³-hybridized carbons (Fsp3) is 0.250. The summed E-state index contributed by atoms with van der Waals surface area (Å²) in [5, 5.41) is 2.87. The van der Waals surface area contributed by atoms with Crippen LogP contribution in [0.4, 0.5) is 0 Å². The van der Waals surface area contributed by atoms with Crippen LogP contribution in [0.25, 0.3) is 0 Å². The molecule has 2 aromatic rings. The van der Waals surface area contributed by atoms with E-state index >= 15 is 0 Å². The van der Waals surface area contributed by atoms with E-state index in [-0.39, 0.29) is 5.91 Å². The second-order valence-corrected chi connectivity index (χ2v) is 5.37. The van der Waals surface area contributed by atoms with Gasteiger partial charge in [-0.1, -0.05) is 12.7 Å². The van der Waals surface area contributed by atoms with Crippen molar-refractivity contribution < 1.29 is 23.7 Å². The van der Waals surface area contributed by atoms with Crippen LogP contribution in [0.1, 0.15) is 15.9 Å². The molecule has 0 aliphatic rings. The van der Waals surface area contributed by atoms with Gasteiger partial charge in [0.2, 0.25) is 0 Å². The summed E-state index contributed by atoms with van der Waals surface area (Å²) in [5.74, 6) is 2.15. The summed E-state index contributed by atoms with van der Waals surface area (Å²) in [6.45, 7) is 4.30. The number of carbonyl (C=O) groups excluding carboxylic acids is 1. The first-order valence-corrected chi connectivity index (χ1v) is 8.03. The summed E-state index contributed by atoms with van der Waals surface area (Å²) in [6.07, 6.45) is 1.64. The van der Waals surface area contributed by atoms with Gasteiger partial charge < -0.3 is 24.3 Å². The fourth-order valence-corrected chi connectivity index (χ4v) is 2.33. The van der Waals surface area contributed by atoms with Gasteiger partial charge >= 0.3 is 0 Å². The molecule has 138 valence electrons. The Labute approximate surface area is 153 Å². The van der Waals surface area contributed by atoms with Crippen molar-refractivity contribution in [2.45, 2.75) is 6.54 Å². The monoisotopic (exact) mass is 357 g/mol. The maximum Gasteiger partial charge on any atom is 0.251 e. The molecule has 0 spiro atoms. The maximum atomic E-state index is 12.4. The number of hydrogen-bond donors (Lipinski definition) is 1. The summed E-state index contributed by atoms with van der Waals surface area (Å²) >= 11 is 0. The third-order valence-electron chi connectivity index (χ3n) is 3.65. The molecule has 2 rings (SSSR count). The molecule has 0 saturated carbocycles. The van der Waals surface area contributed by atoms with Crippen molar-refractivity contribution in [2.24, 2.45) is 0 Å².